The summed E-state index contributed by atoms with van der Waals surface area (Å²) in [5.41, 5.74) is 1.36. The van der Waals surface area contributed by atoms with E-state index in [9.17, 15) is 4.79 Å². The fraction of sp³-hybridized carbons (Fsp3) is 0.214. The summed E-state index contributed by atoms with van der Waals surface area (Å²) in [7, 11) is 0. The van der Waals surface area contributed by atoms with Crippen molar-refractivity contribution < 1.29 is 15.0 Å². The molecule has 0 aliphatic rings. The third kappa shape index (κ3) is 9.08. The molecule has 0 aliphatic carbocycles. The fourth-order valence-electron chi connectivity index (χ4n) is 0.858. The summed E-state index contributed by atoms with van der Waals surface area (Å²) in [5, 5.41) is 16.4. The standard InChI is InChI=1S/C10H12O.C4H6O2/c11-9-5-4-8-10-6-2-1-3-7-10;1-3(2)4(5)6/h1-4,6-8,11H,5,9H2;1H2,2H3,(H,5,6). The summed E-state index contributed by atoms with van der Waals surface area (Å²) in [4.78, 5) is 9.60. The predicted octanol–water partition coefficient (Wildman–Crippen LogP) is 2.73. The monoisotopic (exact) mass is 234 g/mol. The van der Waals surface area contributed by atoms with E-state index in [4.69, 9.17) is 10.2 Å². The van der Waals surface area contributed by atoms with Gasteiger partial charge in [-0.25, -0.2) is 4.79 Å². The molecule has 0 aromatic heterocycles. The molecule has 17 heavy (non-hydrogen) atoms. The molecule has 0 amide bonds. The Hall–Kier alpha value is -1.87. The molecule has 0 spiro atoms. The minimum absolute atomic E-state index is 0.176. The van der Waals surface area contributed by atoms with Gasteiger partial charge in [-0.2, -0.15) is 0 Å². The third-order valence-corrected chi connectivity index (χ3v) is 1.77. The normalized spacial score (nSPS) is 9.53. The Bertz CT molecular complexity index is 354. The lowest BCUT2D eigenvalue weighted by molar-refractivity contribution is -0.132. The molecule has 0 atom stereocenters. The zero-order chi connectivity index (χ0) is 13.1. The van der Waals surface area contributed by atoms with Crippen molar-refractivity contribution in [3.05, 3.63) is 54.1 Å². The Kier molecular flexibility index (Phi) is 8.33. The number of aliphatic carboxylic acids is 1. The average molecular weight is 234 g/mol. The molecule has 3 heteroatoms. The molecule has 2 N–H and O–H groups in total. The van der Waals surface area contributed by atoms with Crippen LogP contribution in [0, 0.1) is 0 Å². The maximum absolute atomic E-state index is 9.60. The number of carboxylic acid groups (broad SMARTS) is 1. The number of carbonyl (C=O) groups is 1. The molecule has 92 valence electrons. The number of rotatable bonds is 4. The third-order valence-electron chi connectivity index (χ3n) is 1.77. The molecule has 0 aliphatic heterocycles. The summed E-state index contributed by atoms with van der Waals surface area (Å²) >= 11 is 0. The molecule has 0 heterocycles. The van der Waals surface area contributed by atoms with Crippen molar-refractivity contribution in [3.8, 4) is 0 Å². The highest BCUT2D eigenvalue weighted by molar-refractivity contribution is 5.84. The Morgan fingerprint density at radius 3 is 2.29 bits per heavy atom. The quantitative estimate of drug-likeness (QED) is 0.787. The Labute approximate surface area is 102 Å². The summed E-state index contributed by atoms with van der Waals surface area (Å²) in [5.74, 6) is -0.935. The van der Waals surface area contributed by atoms with E-state index in [1.807, 2.05) is 42.5 Å². The SMILES string of the molecule is C=C(C)C(=O)O.OCCC=Cc1ccccc1. The second kappa shape index (κ2) is 9.36. The first-order chi connectivity index (χ1) is 8.07. The van der Waals surface area contributed by atoms with Crippen LogP contribution >= 0.6 is 0 Å². The van der Waals surface area contributed by atoms with Crippen molar-refractivity contribution in [2.75, 3.05) is 6.61 Å². The summed E-state index contributed by atoms with van der Waals surface area (Å²) in [6.07, 6.45) is 4.71. The molecular weight excluding hydrogens is 216 g/mol. The second-order valence-electron chi connectivity index (χ2n) is 3.41. The van der Waals surface area contributed by atoms with Gasteiger partial charge in [0.15, 0.2) is 0 Å². The van der Waals surface area contributed by atoms with Gasteiger partial charge in [0.2, 0.25) is 0 Å². The van der Waals surface area contributed by atoms with Gasteiger partial charge in [-0.15, -0.1) is 0 Å². The number of aliphatic hydroxyl groups excluding tert-OH is 1. The lowest BCUT2D eigenvalue weighted by Crippen LogP contribution is -1.92. The molecule has 3 nitrogen and oxygen atoms in total. The van der Waals surface area contributed by atoms with E-state index in [-0.39, 0.29) is 12.2 Å². The van der Waals surface area contributed by atoms with Gasteiger partial charge in [0.1, 0.15) is 0 Å². The minimum atomic E-state index is -0.935. The van der Waals surface area contributed by atoms with Crippen molar-refractivity contribution in [1.29, 1.82) is 0 Å². The van der Waals surface area contributed by atoms with Crippen LogP contribution in [0.5, 0.6) is 0 Å². The first-order valence-electron chi connectivity index (χ1n) is 5.29. The van der Waals surface area contributed by atoms with Gasteiger partial charge in [-0.3, -0.25) is 0 Å². The molecule has 1 rings (SSSR count). The van der Waals surface area contributed by atoms with E-state index >= 15 is 0 Å². The van der Waals surface area contributed by atoms with Crippen molar-refractivity contribution in [3.63, 3.8) is 0 Å². The molecule has 0 unspecified atom stereocenters. The smallest absolute Gasteiger partial charge is 0.330 e. The molecule has 0 radical (unpaired) electrons. The van der Waals surface area contributed by atoms with Gasteiger partial charge in [0.25, 0.3) is 0 Å². The van der Waals surface area contributed by atoms with Gasteiger partial charge in [-0.1, -0.05) is 49.1 Å². The van der Waals surface area contributed by atoms with Gasteiger partial charge in [0, 0.05) is 12.2 Å². The first kappa shape index (κ1) is 15.1. The van der Waals surface area contributed by atoms with Crippen LogP contribution in [0.4, 0.5) is 0 Å². The van der Waals surface area contributed by atoms with Crippen LogP contribution < -0.4 is 0 Å². The van der Waals surface area contributed by atoms with Crippen LogP contribution in [0.3, 0.4) is 0 Å². The number of benzene rings is 1. The van der Waals surface area contributed by atoms with E-state index in [1.54, 1.807) is 0 Å². The van der Waals surface area contributed by atoms with Crippen LogP contribution in [-0.2, 0) is 4.79 Å². The van der Waals surface area contributed by atoms with Crippen molar-refractivity contribution in [1.82, 2.24) is 0 Å². The van der Waals surface area contributed by atoms with Crippen molar-refractivity contribution in [2.24, 2.45) is 0 Å². The average Bonchev–Trinajstić information content (AvgIpc) is 2.31. The van der Waals surface area contributed by atoms with Gasteiger partial charge < -0.3 is 10.2 Å². The predicted molar refractivity (Wildman–Crippen MR) is 69.6 cm³/mol. The van der Waals surface area contributed by atoms with Gasteiger partial charge in [0.05, 0.1) is 0 Å². The van der Waals surface area contributed by atoms with Crippen LogP contribution in [-0.4, -0.2) is 22.8 Å². The highest BCUT2D eigenvalue weighted by atomic mass is 16.4. The summed E-state index contributed by atoms with van der Waals surface area (Å²) < 4.78 is 0. The molecule has 0 saturated heterocycles. The Morgan fingerprint density at radius 1 is 1.35 bits per heavy atom. The summed E-state index contributed by atoms with van der Waals surface area (Å²) in [6, 6.07) is 10.1. The number of aliphatic hydroxyl groups is 1. The van der Waals surface area contributed by atoms with Gasteiger partial charge in [-0.05, 0) is 18.9 Å². The van der Waals surface area contributed by atoms with E-state index in [1.165, 1.54) is 12.5 Å². The van der Waals surface area contributed by atoms with Gasteiger partial charge >= 0.3 is 5.97 Å². The maximum Gasteiger partial charge on any atom is 0.330 e. The molecule has 1 aromatic carbocycles. The van der Waals surface area contributed by atoms with Crippen molar-refractivity contribution >= 4 is 12.0 Å². The molecular formula is C14H18O3. The highest BCUT2D eigenvalue weighted by Gasteiger charge is 1.90. The lowest BCUT2D eigenvalue weighted by atomic mass is 10.2. The fourth-order valence-corrected chi connectivity index (χ4v) is 0.858. The van der Waals surface area contributed by atoms with Crippen LogP contribution in [0.15, 0.2) is 48.6 Å². The second-order valence-corrected chi connectivity index (χ2v) is 3.41. The first-order valence-corrected chi connectivity index (χ1v) is 5.29. The topological polar surface area (TPSA) is 57.5 Å². The highest BCUT2D eigenvalue weighted by Crippen LogP contribution is 2.00. The lowest BCUT2D eigenvalue weighted by Gasteiger charge is -1.89. The van der Waals surface area contributed by atoms with Crippen LogP contribution in [0.25, 0.3) is 6.08 Å². The number of carboxylic acids is 1. The molecule has 0 saturated carbocycles. The summed E-state index contributed by atoms with van der Waals surface area (Å²) in [6.45, 7) is 4.83. The molecule has 0 bridgehead atoms. The molecule has 0 fully saturated rings. The van der Waals surface area contributed by atoms with Crippen molar-refractivity contribution in [2.45, 2.75) is 13.3 Å². The van der Waals surface area contributed by atoms with Crippen LogP contribution in [0.1, 0.15) is 18.9 Å². The maximum atomic E-state index is 9.60. The molecule has 1 aromatic rings. The Morgan fingerprint density at radius 2 is 1.88 bits per heavy atom. The number of hydrogen-bond donors (Lipinski definition) is 2. The van der Waals surface area contributed by atoms with E-state index in [2.05, 4.69) is 6.58 Å². The van der Waals surface area contributed by atoms with E-state index in [0.717, 1.165) is 6.42 Å². The number of hydrogen-bond acceptors (Lipinski definition) is 2. The van der Waals surface area contributed by atoms with Crippen LogP contribution in [0.2, 0.25) is 0 Å². The zero-order valence-electron chi connectivity index (χ0n) is 9.97. The van der Waals surface area contributed by atoms with E-state index in [0.29, 0.717) is 0 Å². The zero-order valence-corrected chi connectivity index (χ0v) is 9.97. The Balaban J connectivity index is 0.000000366. The van der Waals surface area contributed by atoms with E-state index < -0.39 is 5.97 Å². The largest absolute Gasteiger partial charge is 0.478 e. The minimum Gasteiger partial charge on any atom is -0.478 e.